The van der Waals surface area contributed by atoms with Crippen LogP contribution in [0.3, 0.4) is 0 Å². The zero-order valence-corrected chi connectivity index (χ0v) is 21.6. The highest BCUT2D eigenvalue weighted by Gasteiger charge is 2.21. The smallest absolute Gasteiger partial charge is 0.193 e. The molecule has 3 rings (SSSR count). The molecule has 1 aliphatic rings. The van der Waals surface area contributed by atoms with Crippen LogP contribution in [0, 0.1) is 0 Å². The van der Waals surface area contributed by atoms with E-state index < -0.39 is 0 Å². The van der Waals surface area contributed by atoms with E-state index >= 15 is 0 Å². The predicted octanol–water partition coefficient (Wildman–Crippen LogP) is 3.62. The van der Waals surface area contributed by atoms with Gasteiger partial charge in [-0.3, -0.25) is 14.6 Å². The molecule has 1 unspecified atom stereocenters. The molecule has 0 bridgehead atoms. The van der Waals surface area contributed by atoms with Gasteiger partial charge in [0.2, 0.25) is 0 Å². The van der Waals surface area contributed by atoms with Crippen molar-refractivity contribution in [3.05, 3.63) is 52.8 Å². The quantitative estimate of drug-likeness (QED) is 0.357. The summed E-state index contributed by atoms with van der Waals surface area (Å²) in [6, 6.07) is 9.25. The molecule has 1 aromatic carbocycles. The van der Waals surface area contributed by atoms with E-state index in [-0.39, 0.29) is 24.0 Å². The number of aromatic nitrogens is 2. The molecule has 2 heterocycles. The fourth-order valence-electron chi connectivity index (χ4n) is 4.14. The van der Waals surface area contributed by atoms with Crippen LogP contribution in [0.1, 0.15) is 49.1 Å². The van der Waals surface area contributed by atoms with Crippen LogP contribution < -0.4 is 5.32 Å². The number of nitrogens with one attached hydrogen (secondary N) is 1. The third-order valence-corrected chi connectivity index (χ3v) is 5.80. The molecule has 0 spiro atoms. The summed E-state index contributed by atoms with van der Waals surface area (Å²) in [5, 5.41) is 8.20. The summed E-state index contributed by atoms with van der Waals surface area (Å²) in [6.07, 6.45) is 3.25. The van der Waals surface area contributed by atoms with Crippen molar-refractivity contribution < 1.29 is 0 Å². The first-order chi connectivity index (χ1) is 13.9. The first-order valence-corrected chi connectivity index (χ1v) is 10.6. The highest BCUT2D eigenvalue weighted by Crippen LogP contribution is 2.20. The van der Waals surface area contributed by atoms with Gasteiger partial charge in [0.1, 0.15) is 0 Å². The Labute approximate surface area is 198 Å². The van der Waals surface area contributed by atoms with E-state index in [1.807, 2.05) is 18.8 Å². The fourth-order valence-corrected chi connectivity index (χ4v) is 4.14. The van der Waals surface area contributed by atoms with E-state index in [1.165, 1.54) is 16.7 Å². The maximum Gasteiger partial charge on any atom is 0.193 e. The van der Waals surface area contributed by atoms with E-state index in [4.69, 9.17) is 0 Å². The third kappa shape index (κ3) is 5.97. The van der Waals surface area contributed by atoms with Crippen LogP contribution >= 0.6 is 24.0 Å². The number of hydrogen-bond acceptors (Lipinski definition) is 3. The van der Waals surface area contributed by atoms with Gasteiger partial charge in [-0.1, -0.05) is 38.1 Å². The standard InChI is InChI=1S/C23H36N6.HI/c1-17(2)22-21(15-28(6)26-22)14-27(5)23(24-4)25-13-18(3)29-12-11-19-9-7-8-10-20(19)16-29;/h7-10,15,17-18H,11-14,16H2,1-6H3,(H,24,25);1H. The van der Waals surface area contributed by atoms with Gasteiger partial charge < -0.3 is 10.2 Å². The third-order valence-electron chi connectivity index (χ3n) is 5.80. The summed E-state index contributed by atoms with van der Waals surface area (Å²) < 4.78 is 1.91. The number of fused-ring (bicyclic) bond motifs is 1. The largest absolute Gasteiger partial charge is 0.355 e. The lowest BCUT2D eigenvalue weighted by Crippen LogP contribution is -2.47. The zero-order chi connectivity index (χ0) is 21.0. The van der Waals surface area contributed by atoms with E-state index in [0.717, 1.165) is 44.3 Å². The monoisotopic (exact) mass is 524 g/mol. The minimum Gasteiger partial charge on any atom is -0.355 e. The number of aryl methyl sites for hydroxylation is 1. The lowest BCUT2D eigenvalue weighted by Gasteiger charge is -2.34. The number of aliphatic imine (C=N–C) groups is 1. The molecular formula is C23H37IN6. The average molecular weight is 524 g/mol. The lowest BCUT2D eigenvalue weighted by atomic mass is 9.99. The average Bonchev–Trinajstić information content (AvgIpc) is 3.08. The second kappa shape index (κ2) is 11.1. The van der Waals surface area contributed by atoms with Crippen molar-refractivity contribution in [2.24, 2.45) is 12.0 Å². The number of halogens is 1. The topological polar surface area (TPSA) is 48.7 Å². The van der Waals surface area contributed by atoms with Crippen molar-refractivity contribution in [3.8, 4) is 0 Å². The summed E-state index contributed by atoms with van der Waals surface area (Å²) in [5.41, 5.74) is 5.38. The van der Waals surface area contributed by atoms with Crippen molar-refractivity contribution >= 4 is 29.9 Å². The molecule has 0 fully saturated rings. The molecule has 1 atom stereocenters. The van der Waals surface area contributed by atoms with Crippen LogP contribution in [-0.4, -0.2) is 58.8 Å². The Kier molecular flexibility index (Phi) is 9.15. The Morgan fingerprint density at radius 2 is 1.93 bits per heavy atom. The first-order valence-electron chi connectivity index (χ1n) is 10.6. The Hall–Kier alpha value is -1.61. The number of benzene rings is 1. The van der Waals surface area contributed by atoms with Crippen molar-refractivity contribution in [1.82, 2.24) is 24.9 Å². The Bertz CT molecular complexity index is 844. The Morgan fingerprint density at radius 1 is 1.23 bits per heavy atom. The van der Waals surface area contributed by atoms with Gasteiger partial charge in [0.15, 0.2) is 5.96 Å². The summed E-state index contributed by atoms with van der Waals surface area (Å²) in [5.74, 6) is 1.34. The van der Waals surface area contributed by atoms with Gasteiger partial charge in [-0.25, -0.2) is 0 Å². The predicted molar refractivity (Wildman–Crippen MR) is 136 cm³/mol. The molecule has 1 N–H and O–H groups in total. The van der Waals surface area contributed by atoms with Gasteiger partial charge in [-0.05, 0) is 30.4 Å². The van der Waals surface area contributed by atoms with Crippen LogP contribution in [0.5, 0.6) is 0 Å². The van der Waals surface area contributed by atoms with Gasteiger partial charge in [0.05, 0.1) is 5.69 Å². The highest BCUT2D eigenvalue weighted by molar-refractivity contribution is 14.0. The minimum atomic E-state index is 0. The van der Waals surface area contributed by atoms with Crippen molar-refractivity contribution in [2.75, 3.05) is 27.2 Å². The second-order valence-electron chi connectivity index (χ2n) is 8.49. The summed E-state index contributed by atoms with van der Waals surface area (Å²) >= 11 is 0. The second-order valence-corrected chi connectivity index (χ2v) is 8.49. The van der Waals surface area contributed by atoms with Gasteiger partial charge >= 0.3 is 0 Å². The highest BCUT2D eigenvalue weighted by atomic mass is 127. The minimum absolute atomic E-state index is 0. The molecule has 0 aliphatic carbocycles. The molecule has 1 aromatic heterocycles. The van der Waals surface area contributed by atoms with Crippen molar-refractivity contribution in [1.29, 1.82) is 0 Å². The first kappa shape index (κ1) is 24.7. The molecule has 6 nitrogen and oxygen atoms in total. The summed E-state index contributed by atoms with van der Waals surface area (Å²) in [6.45, 7) is 10.5. The maximum atomic E-state index is 4.63. The lowest BCUT2D eigenvalue weighted by molar-refractivity contribution is 0.190. The molecule has 7 heteroatoms. The van der Waals surface area contributed by atoms with Crippen LogP contribution in [0.15, 0.2) is 35.5 Å². The van der Waals surface area contributed by atoms with Crippen LogP contribution in [-0.2, 0) is 26.6 Å². The molecule has 1 aliphatic heterocycles. The van der Waals surface area contributed by atoms with Crippen molar-refractivity contribution in [2.45, 2.75) is 52.2 Å². The maximum absolute atomic E-state index is 4.63. The van der Waals surface area contributed by atoms with Gasteiger partial charge in [0, 0.05) is 65.1 Å². The molecule has 166 valence electrons. The van der Waals surface area contributed by atoms with E-state index in [2.05, 4.69) is 83.5 Å². The number of rotatable bonds is 6. The molecular weight excluding hydrogens is 487 g/mol. The summed E-state index contributed by atoms with van der Waals surface area (Å²) in [7, 11) is 5.93. The molecule has 0 saturated heterocycles. The number of hydrogen-bond donors (Lipinski definition) is 1. The Morgan fingerprint density at radius 3 is 2.60 bits per heavy atom. The van der Waals surface area contributed by atoms with Crippen molar-refractivity contribution in [3.63, 3.8) is 0 Å². The molecule has 2 aromatic rings. The summed E-state index contributed by atoms with van der Waals surface area (Å²) in [4.78, 5) is 9.24. The molecule has 0 amide bonds. The Balaban J connectivity index is 0.00000320. The normalized spacial score (nSPS) is 15.5. The van der Waals surface area contributed by atoms with Gasteiger partial charge in [-0.2, -0.15) is 5.10 Å². The molecule has 0 radical (unpaired) electrons. The van der Waals surface area contributed by atoms with E-state index in [1.54, 1.807) is 0 Å². The SMILES string of the molecule is CN=C(NCC(C)N1CCc2ccccc2C1)N(C)Cc1cn(C)nc1C(C)C.I. The van der Waals surface area contributed by atoms with Crippen LogP contribution in [0.25, 0.3) is 0 Å². The van der Waals surface area contributed by atoms with Crippen LogP contribution in [0.2, 0.25) is 0 Å². The van der Waals surface area contributed by atoms with Gasteiger partial charge in [-0.15, -0.1) is 24.0 Å². The fraction of sp³-hybridized carbons (Fsp3) is 0.565. The van der Waals surface area contributed by atoms with E-state index in [0.29, 0.717) is 12.0 Å². The number of nitrogens with zero attached hydrogens (tertiary/aromatic N) is 5. The van der Waals surface area contributed by atoms with Crippen LogP contribution in [0.4, 0.5) is 0 Å². The van der Waals surface area contributed by atoms with E-state index in [9.17, 15) is 0 Å². The molecule has 0 saturated carbocycles. The zero-order valence-electron chi connectivity index (χ0n) is 19.2. The van der Waals surface area contributed by atoms with Gasteiger partial charge in [0.25, 0.3) is 0 Å². The molecule has 30 heavy (non-hydrogen) atoms. The number of guanidine groups is 1.